The van der Waals surface area contributed by atoms with Gasteiger partial charge in [-0.3, -0.25) is 9.59 Å². The molecule has 1 atom stereocenters. The average molecular weight is 525 g/mol. The molecule has 4 rings (SSSR count). The van der Waals surface area contributed by atoms with Gasteiger partial charge in [-0.25, -0.2) is 0 Å². The number of ether oxygens (including phenoxy) is 1. The summed E-state index contributed by atoms with van der Waals surface area (Å²) >= 11 is 13.5. The summed E-state index contributed by atoms with van der Waals surface area (Å²) in [7, 11) is 0. The van der Waals surface area contributed by atoms with E-state index in [1.807, 2.05) is 31.2 Å². The minimum Gasteiger partial charge on any atom is -0.494 e. The Balaban J connectivity index is 1.72. The van der Waals surface area contributed by atoms with Crippen molar-refractivity contribution < 1.29 is 14.3 Å². The molecule has 0 bridgehead atoms. The van der Waals surface area contributed by atoms with Gasteiger partial charge in [0.15, 0.2) is 5.69 Å². The Morgan fingerprint density at radius 1 is 1.09 bits per heavy atom. The number of nitrogens with zero attached hydrogens (tertiary/aromatic N) is 2. The Labute approximate surface area is 215 Å². The fourth-order valence-electron chi connectivity index (χ4n) is 5.07. The van der Waals surface area contributed by atoms with Crippen LogP contribution < -0.4 is 10.1 Å². The molecule has 2 fully saturated rings. The van der Waals surface area contributed by atoms with Gasteiger partial charge in [-0.15, -0.1) is 0 Å². The van der Waals surface area contributed by atoms with Crippen LogP contribution in [0.4, 0.5) is 0 Å². The molecule has 184 valence electrons. The molecule has 0 aliphatic heterocycles. The molecule has 9 heteroatoms. The highest BCUT2D eigenvalue weighted by atomic mass is 35.5. The van der Waals surface area contributed by atoms with E-state index >= 15 is 0 Å². The molecule has 2 aliphatic carbocycles. The number of benzene rings is 1. The maximum absolute atomic E-state index is 13.9. The van der Waals surface area contributed by atoms with E-state index in [-0.39, 0.29) is 39.0 Å². The Morgan fingerprint density at radius 3 is 2.32 bits per heavy atom. The topological polar surface area (TPSA) is 71.5 Å². The minimum absolute atomic E-state index is 0.0716. The zero-order chi connectivity index (χ0) is 24.1. The fraction of sp³-hybridized carbons (Fsp3) is 0.560. The van der Waals surface area contributed by atoms with Crippen LogP contribution >= 0.6 is 34.7 Å². The van der Waals surface area contributed by atoms with Crippen LogP contribution in [0.2, 0.25) is 9.36 Å². The summed E-state index contributed by atoms with van der Waals surface area (Å²) in [4.78, 5) is 29.4. The number of amides is 2. The van der Waals surface area contributed by atoms with Crippen LogP contribution in [-0.2, 0) is 4.79 Å². The highest BCUT2D eigenvalue weighted by Crippen LogP contribution is 2.37. The minimum atomic E-state index is -0.787. The summed E-state index contributed by atoms with van der Waals surface area (Å²) < 4.78 is 10.1. The predicted molar refractivity (Wildman–Crippen MR) is 136 cm³/mol. The molecule has 1 N–H and O–H groups in total. The van der Waals surface area contributed by atoms with Gasteiger partial charge in [0.2, 0.25) is 5.91 Å². The van der Waals surface area contributed by atoms with Gasteiger partial charge < -0.3 is 15.0 Å². The van der Waals surface area contributed by atoms with Crippen molar-refractivity contribution in [3.05, 3.63) is 44.9 Å². The van der Waals surface area contributed by atoms with Crippen LogP contribution in [0.15, 0.2) is 24.3 Å². The Morgan fingerprint density at radius 2 is 1.74 bits per heavy atom. The van der Waals surface area contributed by atoms with E-state index in [1.54, 1.807) is 4.90 Å². The van der Waals surface area contributed by atoms with Crippen molar-refractivity contribution in [2.24, 2.45) is 0 Å². The van der Waals surface area contributed by atoms with Crippen LogP contribution in [0.5, 0.6) is 5.75 Å². The number of hydrogen-bond acceptors (Lipinski definition) is 5. The van der Waals surface area contributed by atoms with Crippen molar-refractivity contribution in [3.8, 4) is 5.75 Å². The Kier molecular flexibility index (Phi) is 8.72. The smallest absolute Gasteiger partial charge is 0.276 e. The first-order chi connectivity index (χ1) is 16.5. The molecule has 2 saturated carbocycles. The summed E-state index contributed by atoms with van der Waals surface area (Å²) in [6.45, 7) is 2.48. The maximum Gasteiger partial charge on any atom is 0.276 e. The molecule has 2 aromatic rings. The molecule has 0 spiro atoms. The largest absolute Gasteiger partial charge is 0.494 e. The Bertz CT molecular complexity index is 986. The lowest BCUT2D eigenvalue weighted by molar-refractivity contribution is -0.127. The second-order valence-electron chi connectivity index (χ2n) is 9.02. The van der Waals surface area contributed by atoms with E-state index < -0.39 is 6.04 Å². The van der Waals surface area contributed by atoms with Gasteiger partial charge in [0, 0.05) is 12.1 Å². The zero-order valence-electron chi connectivity index (χ0n) is 19.4. The number of carbonyl (C=O) groups is 2. The number of hydrogen-bond donors (Lipinski definition) is 1. The molecule has 0 saturated heterocycles. The van der Waals surface area contributed by atoms with Crippen LogP contribution in [0.1, 0.15) is 86.8 Å². The van der Waals surface area contributed by atoms with Crippen molar-refractivity contribution >= 4 is 46.5 Å². The van der Waals surface area contributed by atoms with Crippen molar-refractivity contribution in [1.29, 1.82) is 0 Å². The SMILES string of the molecule is CCOc1ccc(C(C(=O)NC2CCCCC2)N(C(=O)c2nsc(Cl)c2Cl)C2CCCC2)cc1. The summed E-state index contributed by atoms with van der Waals surface area (Å²) in [5.41, 5.74) is 0.861. The normalized spacial score (nSPS) is 18.0. The number of rotatable bonds is 8. The third kappa shape index (κ3) is 5.69. The quantitative estimate of drug-likeness (QED) is 0.433. The van der Waals surface area contributed by atoms with Crippen LogP contribution in [0.25, 0.3) is 0 Å². The first-order valence-corrected chi connectivity index (χ1v) is 13.7. The molecular weight excluding hydrogens is 493 g/mol. The van der Waals surface area contributed by atoms with Gasteiger partial charge in [-0.05, 0) is 61.8 Å². The standard InChI is InChI=1S/C25H31Cl2N3O3S/c1-2-33-19-14-12-16(13-15-19)22(24(31)28-17-8-4-3-5-9-17)30(18-10-6-7-11-18)25(32)21-20(26)23(27)34-29-21/h12-15,17-18,22H,2-11H2,1H3,(H,28,31). The lowest BCUT2D eigenvalue weighted by Crippen LogP contribution is -2.50. The second kappa shape index (κ2) is 11.7. The summed E-state index contributed by atoms with van der Waals surface area (Å²) in [5.74, 6) is 0.220. The molecule has 1 heterocycles. The van der Waals surface area contributed by atoms with Gasteiger partial charge >= 0.3 is 0 Å². The molecule has 34 heavy (non-hydrogen) atoms. The molecule has 0 radical (unpaired) electrons. The van der Waals surface area contributed by atoms with Gasteiger partial charge in [0.25, 0.3) is 5.91 Å². The molecule has 6 nitrogen and oxygen atoms in total. The lowest BCUT2D eigenvalue weighted by Gasteiger charge is -2.37. The van der Waals surface area contributed by atoms with Gasteiger partial charge in [-0.1, -0.05) is 67.4 Å². The van der Waals surface area contributed by atoms with Crippen LogP contribution in [0, 0.1) is 0 Å². The van der Waals surface area contributed by atoms with Gasteiger partial charge in [0.05, 0.1) is 6.61 Å². The third-order valence-corrected chi connectivity index (χ3v) is 8.35. The first-order valence-electron chi connectivity index (χ1n) is 12.2. The monoisotopic (exact) mass is 523 g/mol. The maximum atomic E-state index is 13.9. The average Bonchev–Trinajstić information content (AvgIpc) is 3.49. The van der Waals surface area contributed by atoms with E-state index in [9.17, 15) is 9.59 Å². The second-order valence-corrected chi connectivity index (χ2v) is 10.8. The zero-order valence-corrected chi connectivity index (χ0v) is 21.7. The van der Waals surface area contributed by atoms with Crippen molar-refractivity contribution in [2.75, 3.05) is 6.61 Å². The number of halogens is 2. The van der Waals surface area contributed by atoms with Crippen molar-refractivity contribution in [2.45, 2.75) is 82.8 Å². The molecule has 1 aromatic heterocycles. The first kappa shape index (κ1) is 25.3. The third-order valence-electron chi connectivity index (χ3n) is 6.74. The van der Waals surface area contributed by atoms with E-state index in [0.717, 1.165) is 74.2 Å². The molecule has 2 amide bonds. The number of carbonyl (C=O) groups excluding carboxylic acids is 2. The van der Waals surface area contributed by atoms with E-state index in [2.05, 4.69) is 9.69 Å². The molecule has 1 unspecified atom stereocenters. The van der Waals surface area contributed by atoms with Gasteiger partial charge in [0.1, 0.15) is 21.2 Å². The Hall–Kier alpha value is -1.83. The van der Waals surface area contributed by atoms with Crippen LogP contribution in [-0.4, -0.2) is 39.8 Å². The fourth-order valence-corrected chi connectivity index (χ4v) is 6.06. The van der Waals surface area contributed by atoms with Crippen molar-refractivity contribution in [3.63, 3.8) is 0 Å². The van der Waals surface area contributed by atoms with Crippen molar-refractivity contribution in [1.82, 2.24) is 14.6 Å². The predicted octanol–water partition coefficient (Wildman–Crippen LogP) is 6.42. The van der Waals surface area contributed by atoms with E-state index in [0.29, 0.717) is 6.61 Å². The van der Waals surface area contributed by atoms with E-state index in [1.165, 1.54) is 6.42 Å². The van der Waals surface area contributed by atoms with Gasteiger partial charge in [-0.2, -0.15) is 4.37 Å². The lowest BCUT2D eigenvalue weighted by atomic mass is 9.94. The highest BCUT2D eigenvalue weighted by molar-refractivity contribution is 7.11. The van der Waals surface area contributed by atoms with Crippen LogP contribution in [0.3, 0.4) is 0 Å². The number of aromatic nitrogens is 1. The molecular formula is C25H31Cl2N3O3S. The van der Waals surface area contributed by atoms with E-state index in [4.69, 9.17) is 27.9 Å². The summed E-state index contributed by atoms with van der Waals surface area (Å²) in [5, 5.41) is 3.40. The molecule has 1 aromatic carbocycles. The number of nitrogens with one attached hydrogen (secondary N) is 1. The summed E-state index contributed by atoms with van der Waals surface area (Å²) in [6, 6.07) is 6.72. The summed E-state index contributed by atoms with van der Waals surface area (Å²) in [6.07, 6.45) is 9.05. The molecule has 2 aliphatic rings. The highest BCUT2D eigenvalue weighted by Gasteiger charge is 2.40.